The van der Waals surface area contributed by atoms with Gasteiger partial charge in [-0.05, 0) is 92.7 Å². The molecule has 0 fully saturated rings. The van der Waals surface area contributed by atoms with Crippen LogP contribution in [0.5, 0.6) is 0 Å². The van der Waals surface area contributed by atoms with Gasteiger partial charge in [0.05, 0.1) is 0 Å². The van der Waals surface area contributed by atoms with Crippen molar-refractivity contribution in [3.63, 3.8) is 0 Å². The summed E-state index contributed by atoms with van der Waals surface area (Å²) >= 11 is 0. The standard InChI is InChI=1S/C43H31NO/c1-43(2)38-14-8-6-12-35(38)36-24-22-33(27-39(36)43)44(31-19-16-29(17-20-31)28-10-4-3-5-11-28)32-21-23-34-30(26-32)18-25-41-42(34)37-13-7-9-15-40(37)45-41/h3-27H,1-2H3. The maximum absolute atomic E-state index is 6.20. The van der Waals surface area contributed by atoms with Crippen molar-refractivity contribution in [1.29, 1.82) is 0 Å². The highest BCUT2D eigenvalue weighted by Gasteiger charge is 2.35. The smallest absolute Gasteiger partial charge is 0.136 e. The Labute approximate surface area is 262 Å². The Morgan fingerprint density at radius 2 is 1.13 bits per heavy atom. The van der Waals surface area contributed by atoms with Crippen molar-refractivity contribution < 1.29 is 4.42 Å². The summed E-state index contributed by atoms with van der Waals surface area (Å²) in [5.74, 6) is 0. The molecule has 0 amide bonds. The molecule has 0 spiro atoms. The molecule has 1 aliphatic rings. The highest BCUT2D eigenvalue weighted by Crippen LogP contribution is 2.51. The Hall–Kier alpha value is -5.60. The van der Waals surface area contributed by atoms with Crippen LogP contribution in [0.1, 0.15) is 25.0 Å². The lowest BCUT2D eigenvalue weighted by molar-refractivity contribution is 0.660. The molecular formula is C43H31NO. The van der Waals surface area contributed by atoms with Gasteiger partial charge in [0.1, 0.15) is 11.2 Å². The summed E-state index contributed by atoms with van der Waals surface area (Å²) < 4.78 is 6.20. The molecule has 2 heteroatoms. The van der Waals surface area contributed by atoms with Gasteiger partial charge < -0.3 is 9.32 Å². The zero-order chi connectivity index (χ0) is 30.1. The van der Waals surface area contributed by atoms with Crippen LogP contribution in [0.3, 0.4) is 0 Å². The van der Waals surface area contributed by atoms with E-state index in [4.69, 9.17) is 4.42 Å². The van der Waals surface area contributed by atoms with Gasteiger partial charge in [-0.1, -0.05) is 117 Å². The van der Waals surface area contributed by atoms with Crippen LogP contribution in [0.4, 0.5) is 17.1 Å². The molecule has 214 valence electrons. The summed E-state index contributed by atoms with van der Waals surface area (Å²) in [6.45, 7) is 4.69. The van der Waals surface area contributed by atoms with E-state index >= 15 is 0 Å². The summed E-state index contributed by atoms with van der Waals surface area (Å²) in [6.07, 6.45) is 0. The number of hydrogen-bond acceptors (Lipinski definition) is 2. The average Bonchev–Trinajstić information content (AvgIpc) is 3.58. The molecule has 8 aromatic rings. The van der Waals surface area contributed by atoms with Gasteiger partial charge in [0.15, 0.2) is 0 Å². The second-order valence-electron chi connectivity index (χ2n) is 12.6. The molecule has 9 rings (SSSR count). The fourth-order valence-corrected chi connectivity index (χ4v) is 7.39. The lowest BCUT2D eigenvalue weighted by atomic mass is 9.82. The van der Waals surface area contributed by atoms with Crippen molar-refractivity contribution >= 4 is 49.8 Å². The van der Waals surface area contributed by atoms with E-state index in [1.807, 2.05) is 12.1 Å². The second kappa shape index (κ2) is 9.70. The summed E-state index contributed by atoms with van der Waals surface area (Å²) in [5.41, 5.74) is 13.0. The maximum atomic E-state index is 6.20. The van der Waals surface area contributed by atoms with Crippen molar-refractivity contribution in [2.75, 3.05) is 4.90 Å². The third-order valence-electron chi connectivity index (χ3n) is 9.66. The molecule has 0 radical (unpaired) electrons. The first-order valence-corrected chi connectivity index (χ1v) is 15.6. The molecule has 0 saturated carbocycles. The molecule has 1 heterocycles. The van der Waals surface area contributed by atoms with Crippen LogP contribution in [0.25, 0.3) is 55.0 Å². The van der Waals surface area contributed by atoms with Gasteiger partial charge in [-0.3, -0.25) is 0 Å². The fraction of sp³-hybridized carbons (Fsp3) is 0.0698. The van der Waals surface area contributed by atoms with Crippen molar-refractivity contribution in [1.82, 2.24) is 0 Å². The van der Waals surface area contributed by atoms with E-state index in [-0.39, 0.29) is 5.41 Å². The van der Waals surface area contributed by atoms with Crippen molar-refractivity contribution in [2.24, 2.45) is 0 Å². The molecule has 0 aliphatic heterocycles. The van der Waals surface area contributed by atoms with E-state index in [0.29, 0.717) is 0 Å². The zero-order valence-electron chi connectivity index (χ0n) is 25.3. The second-order valence-corrected chi connectivity index (χ2v) is 12.6. The molecule has 0 N–H and O–H groups in total. The van der Waals surface area contributed by atoms with Crippen molar-refractivity contribution in [3.8, 4) is 22.3 Å². The molecule has 1 aromatic heterocycles. The number of furan rings is 1. The largest absolute Gasteiger partial charge is 0.456 e. The highest BCUT2D eigenvalue weighted by molar-refractivity contribution is 6.19. The Balaban J connectivity index is 1.23. The van der Waals surface area contributed by atoms with Gasteiger partial charge in [0.25, 0.3) is 0 Å². The zero-order valence-corrected chi connectivity index (χ0v) is 25.3. The van der Waals surface area contributed by atoms with Crippen LogP contribution < -0.4 is 4.90 Å². The maximum Gasteiger partial charge on any atom is 0.136 e. The molecule has 0 unspecified atom stereocenters. The number of rotatable bonds is 4. The van der Waals surface area contributed by atoms with Gasteiger partial charge in [-0.25, -0.2) is 0 Å². The number of benzene rings is 7. The molecule has 45 heavy (non-hydrogen) atoms. The summed E-state index contributed by atoms with van der Waals surface area (Å²) in [5, 5.41) is 4.71. The van der Waals surface area contributed by atoms with E-state index < -0.39 is 0 Å². The number of hydrogen-bond donors (Lipinski definition) is 0. The van der Waals surface area contributed by atoms with Gasteiger partial charge in [0.2, 0.25) is 0 Å². The summed E-state index contributed by atoms with van der Waals surface area (Å²) in [6, 6.07) is 54.8. The monoisotopic (exact) mass is 577 g/mol. The van der Waals surface area contributed by atoms with E-state index in [1.54, 1.807) is 0 Å². The topological polar surface area (TPSA) is 16.4 Å². The lowest BCUT2D eigenvalue weighted by Crippen LogP contribution is -2.16. The van der Waals surface area contributed by atoms with Crippen LogP contribution in [-0.2, 0) is 5.41 Å². The van der Waals surface area contributed by atoms with Crippen LogP contribution in [-0.4, -0.2) is 0 Å². The first-order chi connectivity index (χ1) is 22.1. The van der Waals surface area contributed by atoms with Crippen LogP contribution >= 0.6 is 0 Å². The van der Waals surface area contributed by atoms with Gasteiger partial charge in [-0.2, -0.15) is 0 Å². The van der Waals surface area contributed by atoms with Crippen molar-refractivity contribution in [3.05, 3.63) is 163 Å². The Morgan fingerprint density at radius 3 is 2.00 bits per heavy atom. The number of para-hydroxylation sites is 1. The molecule has 0 bridgehead atoms. The molecule has 2 nitrogen and oxygen atoms in total. The van der Waals surface area contributed by atoms with Crippen LogP contribution in [0.15, 0.2) is 156 Å². The molecule has 1 aliphatic carbocycles. The Kier molecular flexibility index (Phi) is 5.58. The number of anilines is 3. The minimum absolute atomic E-state index is 0.0812. The third-order valence-corrected chi connectivity index (χ3v) is 9.66. The van der Waals surface area contributed by atoms with Gasteiger partial charge >= 0.3 is 0 Å². The summed E-state index contributed by atoms with van der Waals surface area (Å²) in [7, 11) is 0. The first-order valence-electron chi connectivity index (χ1n) is 15.6. The van der Waals surface area contributed by atoms with Crippen LogP contribution in [0, 0.1) is 0 Å². The minimum atomic E-state index is -0.0812. The first kappa shape index (κ1) is 25.9. The molecule has 0 saturated heterocycles. The molecule has 0 atom stereocenters. The van der Waals surface area contributed by atoms with Crippen molar-refractivity contribution in [2.45, 2.75) is 19.3 Å². The predicted octanol–water partition coefficient (Wildman–Crippen LogP) is 12.2. The number of nitrogens with zero attached hydrogens (tertiary/aromatic N) is 1. The fourth-order valence-electron chi connectivity index (χ4n) is 7.39. The number of fused-ring (bicyclic) bond motifs is 8. The lowest BCUT2D eigenvalue weighted by Gasteiger charge is -2.28. The van der Waals surface area contributed by atoms with E-state index in [2.05, 4.69) is 158 Å². The normalized spacial score (nSPS) is 13.3. The SMILES string of the molecule is CC1(C)c2ccccc2-c2ccc(N(c3ccc(-c4ccccc4)cc3)c3ccc4c(ccc5oc6ccccc6c54)c3)cc21. The van der Waals surface area contributed by atoms with Gasteiger partial charge in [0, 0.05) is 33.2 Å². The quantitative estimate of drug-likeness (QED) is 0.207. The predicted molar refractivity (Wildman–Crippen MR) is 189 cm³/mol. The van der Waals surface area contributed by atoms with E-state index in [0.717, 1.165) is 33.6 Å². The summed E-state index contributed by atoms with van der Waals surface area (Å²) in [4.78, 5) is 2.39. The van der Waals surface area contributed by atoms with E-state index in [9.17, 15) is 0 Å². The highest BCUT2D eigenvalue weighted by atomic mass is 16.3. The van der Waals surface area contributed by atoms with Crippen LogP contribution in [0.2, 0.25) is 0 Å². The molecular weight excluding hydrogens is 546 g/mol. The Morgan fingerprint density at radius 1 is 0.467 bits per heavy atom. The average molecular weight is 578 g/mol. The molecule has 7 aromatic carbocycles. The Bertz CT molecular complexity index is 2400. The van der Waals surface area contributed by atoms with E-state index in [1.165, 1.54) is 49.5 Å². The third kappa shape index (κ3) is 3.96. The minimum Gasteiger partial charge on any atom is -0.456 e. The van der Waals surface area contributed by atoms with Gasteiger partial charge in [-0.15, -0.1) is 0 Å².